The third kappa shape index (κ3) is 8.35. The van der Waals surface area contributed by atoms with Gasteiger partial charge in [-0.3, -0.25) is 14.4 Å². The van der Waals surface area contributed by atoms with Crippen molar-refractivity contribution < 1.29 is 45.1 Å². The average Bonchev–Trinajstić information content (AvgIpc) is 2.95. The molecule has 2 aliphatic rings. The van der Waals surface area contributed by atoms with E-state index in [9.17, 15) is 45.1 Å². The fraction of sp³-hybridized carbons (Fsp3) is 0.531. The Kier molecular flexibility index (Phi) is 10.2. The van der Waals surface area contributed by atoms with Crippen LogP contribution in [0.1, 0.15) is 72.8 Å². The van der Waals surface area contributed by atoms with Crippen LogP contribution < -0.4 is 5.32 Å². The molecule has 2 fully saturated rings. The van der Waals surface area contributed by atoms with Crippen LogP contribution in [0.5, 0.6) is 0 Å². The molecule has 1 aliphatic carbocycles. The van der Waals surface area contributed by atoms with Crippen LogP contribution in [0.25, 0.3) is 0 Å². The predicted molar refractivity (Wildman–Crippen MR) is 151 cm³/mol. The maximum atomic E-state index is 14.0. The van der Waals surface area contributed by atoms with Crippen LogP contribution in [0.4, 0.5) is 30.7 Å². The van der Waals surface area contributed by atoms with Crippen molar-refractivity contribution in [3.05, 3.63) is 70.0 Å². The Morgan fingerprint density at radius 1 is 0.911 bits per heavy atom. The molecule has 0 radical (unpaired) electrons. The maximum Gasteiger partial charge on any atom is 0.416 e. The first-order chi connectivity index (χ1) is 20.9. The molecular formula is C32H36F7N3O3. The zero-order valence-corrected chi connectivity index (χ0v) is 25.2. The van der Waals surface area contributed by atoms with E-state index in [0.29, 0.717) is 48.9 Å². The summed E-state index contributed by atoms with van der Waals surface area (Å²) in [6.07, 6.45) is -7.36. The van der Waals surface area contributed by atoms with Crippen molar-refractivity contribution in [3.8, 4) is 0 Å². The molecule has 1 saturated heterocycles. The lowest BCUT2D eigenvalue weighted by molar-refractivity contribution is -0.144. The SMILES string of the molecule is CC(=O)NC1CCC(C(=O)N2CCC(C(=O)N(C)Cc3cc(C(F)(F)F)cc(C(F)(F)F)c3)C(c3ccc(F)cc3C)C2)CC1. The van der Waals surface area contributed by atoms with Crippen molar-refractivity contribution in [3.63, 3.8) is 0 Å². The fourth-order valence-corrected chi connectivity index (χ4v) is 6.59. The Hall–Kier alpha value is -3.64. The zero-order valence-electron chi connectivity index (χ0n) is 25.2. The minimum Gasteiger partial charge on any atom is -0.354 e. The normalized spacial score (nSPS) is 22.6. The van der Waals surface area contributed by atoms with Gasteiger partial charge in [0.2, 0.25) is 17.7 Å². The van der Waals surface area contributed by atoms with E-state index < -0.39 is 53.6 Å². The second-order valence-electron chi connectivity index (χ2n) is 12.1. The predicted octanol–water partition coefficient (Wildman–Crippen LogP) is 6.46. The number of nitrogens with one attached hydrogen (secondary N) is 1. The third-order valence-electron chi connectivity index (χ3n) is 8.80. The van der Waals surface area contributed by atoms with E-state index in [4.69, 9.17) is 0 Å². The summed E-state index contributed by atoms with van der Waals surface area (Å²) >= 11 is 0. The van der Waals surface area contributed by atoms with Crippen LogP contribution in [-0.4, -0.2) is 53.7 Å². The van der Waals surface area contributed by atoms with Gasteiger partial charge >= 0.3 is 12.4 Å². The molecule has 6 nitrogen and oxygen atoms in total. The molecule has 45 heavy (non-hydrogen) atoms. The number of amides is 3. The van der Waals surface area contributed by atoms with Gasteiger partial charge in [0.1, 0.15) is 5.82 Å². The largest absolute Gasteiger partial charge is 0.416 e. The van der Waals surface area contributed by atoms with Crippen LogP contribution in [0.2, 0.25) is 0 Å². The van der Waals surface area contributed by atoms with Gasteiger partial charge in [0, 0.05) is 57.4 Å². The second-order valence-corrected chi connectivity index (χ2v) is 12.1. The molecule has 4 rings (SSSR count). The van der Waals surface area contributed by atoms with Crippen molar-refractivity contribution in [2.24, 2.45) is 11.8 Å². The molecule has 0 spiro atoms. The summed E-state index contributed by atoms with van der Waals surface area (Å²) in [5, 5.41) is 2.88. The third-order valence-corrected chi connectivity index (χ3v) is 8.80. The minimum atomic E-state index is -5.02. The van der Waals surface area contributed by atoms with E-state index >= 15 is 0 Å². The maximum absolute atomic E-state index is 14.0. The molecule has 1 N–H and O–H groups in total. The van der Waals surface area contributed by atoms with Crippen LogP contribution in [0, 0.1) is 24.6 Å². The summed E-state index contributed by atoms with van der Waals surface area (Å²) in [5.41, 5.74) is -2.08. The average molecular weight is 644 g/mol. The number of piperidine rings is 1. The molecule has 2 aromatic rings. The van der Waals surface area contributed by atoms with Crippen LogP contribution in [0.3, 0.4) is 0 Å². The van der Waals surface area contributed by atoms with E-state index in [-0.39, 0.29) is 54.9 Å². The van der Waals surface area contributed by atoms with Crippen LogP contribution in [-0.2, 0) is 33.3 Å². The number of aryl methyl sites for hydroxylation is 1. The van der Waals surface area contributed by atoms with Gasteiger partial charge < -0.3 is 15.1 Å². The summed E-state index contributed by atoms with van der Waals surface area (Å²) in [6.45, 7) is 2.99. The summed E-state index contributed by atoms with van der Waals surface area (Å²) in [5.74, 6) is -2.80. The van der Waals surface area contributed by atoms with Gasteiger partial charge in [-0.25, -0.2) is 4.39 Å². The van der Waals surface area contributed by atoms with Gasteiger partial charge in [-0.1, -0.05) is 6.07 Å². The van der Waals surface area contributed by atoms with Gasteiger partial charge in [0.25, 0.3) is 0 Å². The molecule has 3 amide bonds. The van der Waals surface area contributed by atoms with Gasteiger partial charge in [0.15, 0.2) is 0 Å². The second kappa shape index (κ2) is 13.4. The lowest BCUT2D eigenvalue weighted by atomic mass is 9.77. The Bertz CT molecular complexity index is 1390. The minimum absolute atomic E-state index is 0.00379. The standard InChI is InChI=1S/C32H36F7N3O3/c1-18-12-24(33)6-9-26(18)28-17-42(29(44)21-4-7-25(8-5-21)40-19(2)43)11-10-27(28)30(45)41(3)16-20-13-22(31(34,35)36)15-23(14-20)32(37,38)39/h6,9,12-15,21,25,27-28H,4-5,7-8,10-11,16-17H2,1-3H3,(H,40,43). The van der Waals surface area contributed by atoms with Crippen molar-refractivity contribution in [1.82, 2.24) is 15.1 Å². The number of hydrogen-bond donors (Lipinski definition) is 1. The van der Waals surface area contributed by atoms with E-state index in [0.717, 1.165) is 4.90 Å². The quantitative estimate of drug-likeness (QED) is 0.368. The first kappa shape index (κ1) is 34.2. The molecule has 0 bridgehead atoms. The molecule has 2 unspecified atom stereocenters. The number of rotatable bonds is 6. The fourth-order valence-electron chi connectivity index (χ4n) is 6.59. The Morgan fingerprint density at radius 2 is 1.51 bits per heavy atom. The highest BCUT2D eigenvalue weighted by molar-refractivity contribution is 5.82. The Morgan fingerprint density at radius 3 is 2.04 bits per heavy atom. The smallest absolute Gasteiger partial charge is 0.354 e. The van der Waals surface area contributed by atoms with Gasteiger partial charge in [-0.05, 0) is 86.1 Å². The molecule has 0 aromatic heterocycles. The van der Waals surface area contributed by atoms with Gasteiger partial charge in [0.05, 0.1) is 11.1 Å². The lowest BCUT2D eigenvalue weighted by Crippen LogP contribution is -2.50. The summed E-state index contributed by atoms with van der Waals surface area (Å²) in [7, 11) is 1.31. The molecule has 246 valence electrons. The summed E-state index contributed by atoms with van der Waals surface area (Å²) in [4.78, 5) is 41.6. The van der Waals surface area contributed by atoms with Crippen LogP contribution >= 0.6 is 0 Å². The molecule has 2 aromatic carbocycles. The highest BCUT2D eigenvalue weighted by Gasteiger charge is 2.41. The first-order valence-electron chi connectivity index (χ1n) is 14.8. The van der Waals surface area contributed by atoms with Crippen molar-refractivity contribution in [1.29, 1.82) is 0 Å². The summed E-state index contributed by atoms with van der Waals surface area (Å²) < 4.78 is 94.5. The van der Waals surface area contributed by atoms with Crippen molar-refractivity contribution >= 4 is 17.7 Å². The summed E-state index contributed by atoms with van der Waals surface area (Å²) in [6, 6.07) is 5.35. The number of likely N-dealkylation sites (tertiary alicyclic amines) is 1. The number of halogens is 7. The van der Waals surface area contributed by atoms with Gasteiger partial charge in [-0.2, -0.15) is 26.3 Å². The first-order valence-corrected chi connectivity index (χ1v) is 14.8. The van der Waals surface area contributed by atoms with E-state index in [1.165, 1.54) is 26.1 Å². The number of carbonyl (C=O) groups excluding carboxylic acids is 3. The van der Waals surface area contributed by atoms with Crippen molar-refractivity contribution in [2.75, 3.05) is 20.1 Å². The Balaban J connectivity index is 1.56. The molecular weight excluding hydrogens is 607 g/mol. The highest BCUT2D eigenvalue weighted by Crippen LogP contribution is 2.39. The van der Waals surface area contributed by atoms with E-state index in [1.54, 1.807) is 17.9 Å². The topological polar surface area (TPSA) is 69.7 Å². The number of hydrogen-bond acceptors (Lipinski definition) is 3. The van der Waals surface area contributed by atoms with Crippen molar-refractivity contribution in [2.45, 2.75) is 76.8 Å². The number of nitrogens with zero attached hydrogens (tertiary/aromatic N) is 2. The molecule has 1 saturated carbocycles. The highest BCUT2D eigenvalue weighted by atomic mass is 19.4. The van der Waals surface area contributed by atoms with Gasteiger partial charge in [-0.15, -0.1) is 0 Å². The monoisotopic (exact) mass is 643 g/mol. The molecule has 1 heterocycles. The van der Waals surface area contributed by atoms with Crippen LogP contribution in [0.15, 0.2) is 36.4 Å². The molecule has 13 heteroatoms. The Labute approximate surface area is 256 Å². The zero-order chi connectivity index (χ0) is 33.3. The molecule has 2 atom stereocenters. The number of alkyl halides is 6. The van der Waals surface area contributed by atoms with E-state index in [1.807, 2.05) is 0 Å². The number of benzene rings is 2. The van der Waals surface area contributed by atoms with E-state index in [2.05, 4.69) is 5.32 Å². The lowest BCUT2D eigenvalue weighted by Gasteiger charge is -2.42. The number of carbonyl (C=O) groups is 3. The molecule has 1 aliphatic heterocycles.